The van der Waals surface area contributed by atoms with Gasteiger partial charge in [0.1, 0.15) is 25.1 Å². The van der Waals surface area contributed by atoms with Crippen molar-refractivity contribution in [3.05, 3.63) is 75.2 Å². The van der Waals surface area contributed by atoms with Crippen LogP contribution in [0, 0.1) is 6.92 Å². The Hall–Kier alpha value is -3.76. The van der Waals surface area contributed by atoms with E-state index in [1.807, 2.05) is 48.3 Å². The second-order valence-corrected chi connectivity index (χ2v) is 8.54. The number of nitrogens with zero attached hydrogens (tertiary/aromatic N) is 4. The summed E-state index contributed by atoms with van der Waals surface area (Å²) < 4.78 is 16.3. The Morgan fingerprint density at radius 1 is 1.24 bits per heavy atom. The van der Waals surface area contributed by atoms with Crippen molar-refractivity contribution in [2.24, 2.45) is 7.05 Å². The molecule has 1 aliphatic heterocycles. The second kappa shape index (κ2) is 8.54. The van der Waals surface area contributed by atoms with Crippen LogP contribution in [0.25, 0.3) is 22.0 Å². The highest BCUT2D eigenvalue weighted by molar-refractivity contribution is 5.87. The van der Waals surface area contributed by atoms with Gasteiger partial charge in [-0.15, -0.1) is 9.36 Å². The van der Waals surface area contributed by atoms with Crippen molar-refractivity contribution in [3.63, 3.8) is 0 Å². The Morgan fingerprint density at radius 3 is 2.79 bits per heavy atom. The lowest BCUT2D eigenvalue weighted by atomic mass is 10.0. The Bertz CT molecular complexity index is 1490. The van der Waals surface area contributed by atoms with Gasteiger partial charge in [0, 0.05) is 23.7 Å². The van der Waals surface area contributed by atoms with E-state index in [4.69, 9.17) is 9.47 Å². The number of nitrogens with one attached hydrogen (secondary N) is 1. The minimum atomic E-state index is -0.645. The molecule has 0 aliphatic carbocycles. The number of hydrogen-bond acceptors (Lipinski definition) is 6. The van der Waals surface area contributed by atoms with Crippen LogP contribution in [0.15, 0.2) is 58.4 Å². The van der Waals surface area contributed by atoms with Crippen LogP contribution in [0.2, 0.25) is 0 Å². The summed E-state index contributed by atoms with van der Waals surface area (Å²) in [5, 5.41) is 16.8. The molecule has 10 nitrogen and oxygen atoms in total. The maximum atomic E-state index is 12.4. The van der Waals surface area contributed by atoms with Gasteiger partial charge in [-0.1, -0.05) is 12.1 Å². The van der Waals surface area contributed by atoms with Gasteiger partial charge in [0.15, 0.2) is 17.9 Å². The van der Waals surface area contributed by atoms with Crippen LogP contribution < -0.4 is 20.7 Å². The number of aromatic amines is 1. The number of methoxy groups -OCH3 is 1. The first kappa shape index (κ1) is 22.1. The third-order valence-corrected chi connectivity index (χ3v) is 6.29. The highest BCUT2D eigenvalue weighted by Gasteiger charge is 2.43. The molecule has 0 spiro atoms. The van der Waals surface area contributed by atoms with Crippen molar-refractivity contribution in [2.75, 3.05) is 13.7 Å². The van der Waals surface area contributed by atoms with Gasteiger partial charge >= 0.3 is 5.69 Å². The first-order valence-corrected chi connectivity index (χ1v) is 11.0. The van der Waals surface area contributed by atoms with E-state index in [-0.39, 0.29) is 12.6 Å². The molecule has 1 fully saturated rings. The summed E-state index contributed by atoms with van der Waals surface area (Å²) in [6.07, 6.45) is 2.58. The van der Waals surface area contributed by atoms with Crippen molar-refractivity contribution in [2.45, 2.75) is 31.7 Å². The standard InChI is InChI=1S/C24H25N5O5/c1-14-11-28(24(32)25-23(14)31)22-10-19(21(13-30)34-22)29-20(12-27(2)26-29)16-5-4-15-6-7-18(33-3)9-17(15)8-16/h4-9,11-12,19,21-22,30H,10,13H2,1-3H3/p+1/t19-,21+,22+/m0/s1. The average Bonchev–Trinajstić information content (AvgIpc) is 3.43. The SMILES string of the molecule is COc1ccc2ccc(-c3c[n+](C)nn3[C@H]3C[C@H](n4cc(C)c(=O)[nH]c4=O)O[C@@H]3CO)cc2c1. The Morgan fingerprint density at radius 2 is 2.03 bits per heavy atom. The number of aliphatic hydroxyl groups excluding tert-OH is 1. The quantitative estimate of drug-likeness (QED) is 0.429. The molecular formula is C24H26N5O5+. The van der Waals surface area contributed by atoms with E-state index in [0.29, 0.717) is 12.0 Å². The van der Waals surface area contributed by atoms with Gasteiger partial charge in [-0.25, -0.2) is 4.79 Å². The first-order valence-electron chi connectivity index (χ1n) is 11.0. The molecule has 1 aliphatic rings. The lowest BCUT2D eigenvalue weighted by Crippen LogP contribution is -2.33. The molecule has 0 amide bonds. The molecule has 176 valence electrons. The van der Waals surface area contributed by atoms with E-state index in [1.165, 1.54) is 10.8 Å². The number of hydrogen-bond donors (Lipinski definition) is 2. The maximum absolute atomic E-state index is 12.4. The highest BCUT2D eigenvalue weighted by Crippen LogP contribution is 2.38. The molecule has 2 aromatic carbocycles. The van der Waals surface area contributed by atoms with Gasteiger partial charge in [0.2, 0.25) is 0 Å². The second-order valence-electron chi connectivity index (χ2n) is 8.54. The predicted octanol–water partition coefficient (Wildman–Crippen LogP) is 1.22. The molecule has 1 saturated heterocycles. The Balaban J connectivity index is 1.55. The highest BCUT2D eigenvalue weighted by atomic mass is 16.5. The normalized spacial score (nSPS) is 20.2. The van der Waals surface area contributed by atoms with Crippen LogP contribution in [-0.2, 0) is 11.8 Å². The summed E-state index contributed by atoms with van der Waals surface area (Å²) in [6, 6.07) is 11.7. The number of ether oxygens (including phenoxy) is 2. The number of H-pyrrole nitrogens is 1. The van der Waals surface area contributed by atoms with Gasteiger partial charge < -0.3 is 14.6 Å². The van der Waals surface area contributed by atoms with Crippen molar-refractivity contribution in [1.29, 1.82) is 0 Å². The molecule has 0 saturated carbocycles. The van der Waals surface area contributed by atoms with E-state index in [9.17, 15) is 14.7 Å². The molecule has 2 N–H and O–H groups in total. The number of rotatable bonds is 5. The summed E-state index contributed by atoms with van der Waals surface area (Å²) >= 11 is 0. The van der Waals surface area contributed by atoms with Crippen LogP contribution >= 0.6 is 0 Å². The van der Waals surface area contributed by atoms with E-state index in [0.717, 1.165) is 27.8 Å². The van der Waals surface area contributed by atoms with Crippen molar-refractivity contribution in [3.8, 4) is 17.0 Å². The lowest BCUT2D eigenvalue weighted by molar-refractivity contribution is -0.732. The number of aryl methyl sites for hydroxylation is 2. The molecule has 0 unspecified atom stereocenters. The summed E-state index contributed by atoms with van der Waals surface area (Å²) in [5.41, 5.74) is 1.23. The van der Waals surface area contributed by atoms with Crippen LogP contribution in [-0.4, -0.2) is 44.4 Å². The molecule has 3 heterocycles. The van der Waals surface area contributed by atoms with Gasteiger partial charge in [-0.05, 0) is 42.0 Å². The summed E-state index contributed by atoms with van der Waals surface area (Å²) in [7, 11) is 3.47. The molecule has 4 aromatic rings. The molecular weight excluding hydrogens is 438 g/mol. The third-order valence-electron chi connectivity index (χ3n) is 6.29. The molecule has 0 bridgehead atoms. The van der Waals surface area contributed by atoms with Crippen LogP contribution in [0.4, 0.5) is 0 Å². The van der Waals surface area contributed by atoms with Gasteiger partial charge in [-0.2, -0.15) is 0 Å². The maximum Gasteiger partial charge on any atom is 0.330 e. The first-order chi connectivity index (χ1) is 16.4. The zero-order valence-corrected chi connectivity index (χ0v) is 19.1. The van der Waals surface area contributed by atoms with E-state index in [1.54, 1.807) is 18.7 Å². The molecule has 5 rings (SSSR count). The van der Waals surface area contributed by atoms with Crippen molar-refractivity contribution in [1.82, 2.24) is 19.4 Å². The monoisotopic (exact) mass is 464 g/mol. The smallest absolute Gasteiger partial charge is 0.330 e. The minimum Gasteiger partial charge on any atom is -0.497 e. The summed E-state index contributed by atoms with van der Waals surface area (Å²) in [4.78, 5) is 26.5. The van der Waals surface area contributed by atoms with Crippen LogP contribution in [0.5, 0.6) is 5.75 Å². The van der Waals surface area contributed by atoms with Crippen molar-refractivity contribution >= 4 is 10.8 Å². The number of aromatic nitrogens is 5. The van der Waals surface area contributed by atoms with Gasteiger partial charge in [-0.3, -0.25) is 14.3 Å². The molecule has 3 atom stereocenters. The minimum absolute atomic E-state index is 0.240. The predicted molar refractivity (Wildman–Crippen MR) is 124 cm³/mol. The Kier molecular flexibility index (Phi) is 5.54. The third kappa shape index (κ3) is 3.80. The van der Waals surface area contributed by atoms with E-state index >= 15 is 0 Å². The fourth-order valence-corrected chi connectivity index (χ4v) is 4.53. The lowest BCUT2D eigenvalue weighted by Gasteiger charge is -2.14. The van der Waals surface area contributed by atoms with E-state index in [2.05, 4.69) is 16.3 Å². The number of fused-ring (bicyclic) bond motifs is 1. The average molecular weight is 465 g/mol. The van der Waals surface area contributed by atoms with E-state index < -0.39 is 23.6 Å². The van der Waals surface area contributed by atoms with Gasteiger partial charge in [0.25, 0.3) is 5.56 Å². The summed E-state index contributed by atoms with van der Waals surface area (Å²) in [6.45, 7) is 1.39. The molecule has 10 heteroatoms. The molecule has 34 heavy (non-hydrogen) atoms. The zero-order valence-electron chi connectivity index (χ0n) is 19.1. The topological polar surface area (TPSA) is 115 Å². The van der Waals surface area contributed by atoms with Crippen LogP contribution in [0.3, 0.4) is 0 Å². The number of benzene rings is 2. The molecule has 2 aromatic heterocycles. The summed E-state index contributed by atoms with van der Waals surface area (Å²) in [5.74, 6) is 0.776. The van der Waals surface area contributed by atoms with Crippen LogP contribution in [0.1, 0.15) is 24.3 Å². The fraction of sp³-hybridized carbons (Fsp3) is 0.333. The fourth-order valence-electron chi connectivity index (χ4n) is 4.53. The molecule has 0 radical (unpaired) electrons. The zero-order chi connectivity index (χ0) is 24.0. The van der Waals surface area contributed by atoms with Gasteiger partial charge in [0.05, 0.1) is 18.9 Å². The Labute approximate surface area is 194 Å². The largest absolute Gasteiger partial charge is 0.497 e. The van der Waals surface area contributed by atoms with Crippen molar-refractivity contribution < 1.29 is 19.3 Å². The number of aliphatic hydroxyl groups is 1.